The molecule has 5 nitrogen and oxygen atoms in total. The van der Waals surface area contributed by atoms with Crippen LogP contribution in [0, 0.1) is 0 Å². The number of rotatable bonds is 2. The van der Waals surface area contributed by atoms with Gasteiger partial charge < -0.3 is 15.2 Å². The first-order valence-corrected chi connectivity index (χ1v) is 3.65. The number of carboxylic acids is 1. The van der Waals surface area contributed by atoms with Gasteiger partial charge in [0.05, 0.1) is 5.56 Å². The SMILES string of the molecule is O=C(O)c1cc(B(O)O)cnc1Cl. The first-order chi connectivity index (χ1) is 6.02. The van der Waals surface area contributed by atoms with E-state index >= 15 is 0 Å². The zero-order valence-corrected chi connectivity index (χ0v) is 7.06. The minimum Gasteiger partial charge on any atom is -0.478 e. The van der Waals surface area contributed by atoms with E-state index in [2.05, 4.69) is 4.98 Å². The van der Waals surface area contributed by atoms with E-state index in [0.29, 0.717) is 0 Å². The molecular weight excluding hydrogens is 196 g/mol. The average Bonchev–Trinajstić information content (AvgIpc) is 2.04. The van der Waals surface area contributed by atoms with Crippen LogP contribution in [0.5, 0.6) is 0 Å². The van der Waals surface area contributed by atoms with Gasteiger partial charge in [0.1, 0.15) is 5.15 Å². The lowest BCUT2D eigenvalue weighted by Crippen LogP contribution is -2.31. The van der Waals surface area contributed by atoms with Crippen LogP contribution in [0.1, 0.15) is 10.4 Å². The summed E-state index contributed by atoms with van der Waals surface area (Å²) in [5, 5.41) is 25.8. The summed E-state index contributed by atoms with van der Waals surface area (Å²) >= 11 is 5.44. The average molecular weight is 201 g/mol. The van der Waals surface area contributed by atoms with Gasteiger partial charge in [-0.3, -0.25) is 0 Å². The molecule has 0 aromatic carbocycles. The van der Waals surface area contributed by atoms with Crippen molar-refractivity contribution < 1.29 is 19.9 Å². The molecule has 68 valence electrons. The number of carboxylic acid groups (broad SMARTS) is 1. The number of carbonyl (C=O) groups is 1. The van der Waals surface area contributed by atoms with E-state index in [0.717, 1.165) is 12.3 Å². The maximum Gasteiger partial charge on any atom is 0.490 e. The third kappa shape index (κ3) is 2.18. The van der Waals surface area contributed by atoms with E-state index in [1.54, 1.807) is 0 Å². The fraction of sp³-hybridized carbons (Fsp3) is 0. The molecule has 0 radical (unpaired) electrons. The van der Waals surface area contributed by atoms with Crippen LogP contribution in [0.4, 0.5) is 0 Å². The third-order valence-electron chi connectivity index (χ3n) is 1.39. The van der Waals surface area contributed by atoms with Crippen LogP contribution in [0.25, 0.3) is 0 Å². The second kappa shape index (κ2) is 3.74. The number of pyridine rings is 1. The minimum atomic E-state index is -1.75. The van der Waals surface area contributed by atoms with Crippen molar-refractivity contribution in [1.82, 2.24) is 4.98 Å². The zero-order chi connectivity index (χ0) is 10.0. The molecule has 0 unspecified atom stereocenters. The molecule has 0 aliphatic carbocycles. The van der Waals surface area contributed by atoms with Crippen LogP contribution in [0.3, 0.4) is 0 Å². The van der Waals surface area contributed by atoms with Crippen LogP contribution < -0.4 is 5.46 Å². The summed E-state index contributed by atoms with van der Waals surface area (Å²) in [7, 11) is -1.75. The van der Waals surface area contributed by atoms with Gasteiger partial charge >= 0.3 is 13.1 Å². The van der Waals surface area contributed by atoms with E-state index < -0.39 is 13.1 Å². The van der Waals surface area contributed by atoms with Gasteiger partial charge in [-0.2, -0.15) is 0 Å². The predicted octanol–water partition coefficient (Wildman–Crippen LogP) is -0.887. The standard InChI is InChI=1S/C6H5BClNO4/c8-5-4(6(10)11)1-3(2-9-5)7(12)13/h1-2,12-13H,(H,10,11). The first-order valence-electron chi connectivity index (χ1n) is 3.27. The van der Waals surface area contributed by atoms with Gasteiger partial charge in [-0.25, -0.2) is 9.78 Å². The van der Waals surface area contributed by atoms with Gasteiger partial charge in [0.15, 0.2) is 0 Å². The van der Waals surface area contributed by atoms with E-state index in [1.807, 2.05) is 0 Å². The molecule has 1 aromatic heterocycles. The van der Waals surface area contributed by atoms with Gasteiger partial charge in [0, 0.05) is 11.7 Å². The van der Waals surface area contributed by atoms with Gasteiger partial charge in [-0.15, -0.1) is 0 Å². The molecule has 0 amide bonds. The molecule has 3 N–H and O–H groups in total. The molecule has 1 heterocycles. The van der Waals surface area contributed by atoms with Crippen molar-refractivity contribution in [1.29, 1.82) is 0 Å². The maximum absolute atomic E-state index is 10.5. The summed E-state index contributed by atoms with van der Waals surface area (Å²) in [6.07, 6.45) is 1.10. The smallest absolute Gasteiger partial charge is 0.478 e. The molecule has 0 atom stereocenters. The van der Waals surface area contributed by atoms with Crippen LogP contribution in [-0.4, -0.2) is 33.2 Å². The zero-order valence-electron chi connectivity index (χ0n) is 6.31. The highest BCUT2D eigenvalue weighted by atomic mass is 35.5. The number of aromatic nitrogens is 1. The third-order valence-corrected chi connectivity index (χ3v) is 1.69. The molecule has 0 fully saturated rings. The highest BCUT2D eigenvalue weighted by Crippen LogP contribution is 2.09. The monoisotopic (exact) mass is 201 g/mol. The van der Waals surface area contributed by atoms with E-state index in [9.17, 15) is 4.79 Å². The van der Waals surface area contributed by atoms with E-state index in [-0.39, 0.29) is 16.2 Å². The number of halogens is 1. The molecule has 0 aliphatic heterocycles. The summed E-state index contributed by atoms with van der Waals surface area (Å²) in [5.74, 6) is -1.26. The Morgan fingerprint density at radius 3 is 2.62 bits per heavy atom. The molecule has 0 spiro atoms. The normalized spacial score (nSPS) is 9.77. The van der Waals surface area contributed by atoms with Crippen molar-refractivity contribution in [3.8, 4) is 0 Å². The molecule has 0 saturated heterocycles. The Balaban J connectivity index is 3.19. The van der Waals surface area contributed by atoms with Gasteiger partial charge in [0.25, 0.3) is 0 Å². The van der Waals surface area contributed by atoms with Crippen LogP contribution in [0.15, 0.2) is 12.3 Å². The summed E-state index contributed by atoms with van der Waals surface area (Å²) in [6, 6.07) is 1.06. The van der Waals surface area contributed by atoms with E-state index in [1.165, 1.54) is 0 Å². The Morgan fingerprint density at radius 2 is 2.15 bits per heavy atom. The quantitative estimate of drug-likeness (QED) is 0.427. The van der Waals surface area contributed by atoms with Gasteiger partial charge in [-0.1, -0.05) is 11.6 Å². The molecule has 13 heavy (non-hydrogen) atoms. The lowest BCUT2D eigenvalue weighted by molar-refractivity contribution is 0.0697. The lowest BCUT2D eigenvalue weighted by Gasteiger charge is -2.01. The van der Waals surface area contributed by atoms with Crippen molar-refractivity contribution in [3.05, 3.63) is 23.0 Å². The lowest BCUT2D eigenvalue weighted by atomic mass is 9.81. The van der Waals surface area contributed by atoms with E-state index in [4.69, 9.17) is 26.8 Å². The Bertz CT molecular complexity index is 343. The Hall–Kier alpha value is -1.11. The Morgan fingerprint density at radius 1 is 1.54 bits per heavy atom. The van der Waals surface area contributed by atoms with Crippen molar-refractivity contribution in [2.45, 2.75) is 0 Å². The highest BCUT2D eigenvalue weighted by Gasteiger charge is 2.16. The van der Waals surface area contributed by atoms with Gasteiger partial charge in [-0.05, 0) is 6.07 Å². The molecule has 1 rings (SSSR count). The number of hydrogen-bond donors (Lipinski definition) is 3. The highest BCUT2D eigenvalue weighted by molar-refractivity contribution is 6.58. The van der Waals surface area contributed by atoms with Crippen molar-refractivity contribution in [2.24, 2.45) is 0 Å². The van der Waals surface area contributed by atoms with Crippen molar-refractivity contribution in [3.63, 3.8) is 0 Å². The molecule has 0 bridgehead atoms. The van der Waals surface area contributed by atoms with Gasteiger partial charge in [0.2, 0.25) is 0 Å². The van der Waals surface area contributed by atoms with Crippen molar-refractivity contribution >= 4 is 30.2 Å². The number of hydrogen-bond acceptors (Lipinski definition) is 4. The Kier molecular flexibility index (Phi) is 2.87. The summed E-state index contributed by atoms with van der Waals surface area (Å²) in [4.78, 5) is 14.0. The molecule has 0 aliphatic rings. The number of aromatic carboxylic acids is 1. The minimum absolute atomic E-state index is 0.0122. The maximum atomic E-state index is 10.5. The fourth-order valence-electron chi connectivity index (χ4n) is 0.755. The summed E-state index contributed by atoms with van der Waals surface area (Å²) < 4.78 is 0. The van der Waals surface area contributed by atoms with Crippen molar-refractivity contribution in [2.75, 3.05) is 0 Å². The summed E-state index contributed by atoms with van der Waals surface area (Å²) in [5.41, 5.74) is -0.269. The largest absolute Gasteiger partial charge is 0.490 e. The molecule has 1 aromatic rings. The van der Waals surface area contributed by atoms with Crippen LogP contribution >= 0.6 is 11.6 Å². The number of nitrogens with zero attached hydrogens (tertiary/aromatic N) is 1. The predicted molar refractivity (Wildman–Crippen MR) is 46.0 cm³/mol. The second-order valence-corrected chi connectivity index (χ2v) is 2.64. The summed E-state index contributed by atoms with van der Waals surface area (Å²) in [6.45, 7) is 0. The first kappa shape index (κ1) is 9.98. The Labute approximate surface area is 78.8 Å². The molecular formula is C6H5BClNO4. The molecule has 0 saturated carbocycles. The second-order valence-electron chi connectivity index (χ2n) is 2.29. The van der Waals surface area contributed by atoms with Crippen LogP contribution in [0.2, 0.25) is 5.15 Å². The fourth-order valence-corrected chi connectivity index (χ4v) is 0.940. The molecule has 7 heteroatoms. The topological polar surface area (TPSA) is 90.7 Å². The van der Waals surface area contributed by atoms with Crippen LogP contribution in [-0.2, 0) is 0 Å².